The summed E-state index contributed by atoms with van der Waals surface area (Å²) < 4.78 is 6.63. The number of nitrogens with zero attached hydrogens (tertiary/aromatic N) is 4. The van der Waals surface area contributed by atoms with Crippen molar-refractivity contribution >= 4 is 11.7 Å². The summed E-state index contributed by atoms with van der Waals surface area (Å²) in [4.78, 5) is 30.1. The van der Waals surface area contributed by atoms with E-state index in [0.717, 1.165) is 0 Å². The normalized spacial score (nSPS) is 10.3. The molecular weight excluding hydrogens is 300 g/mol. The second-order valence-corrected chi connectivity index (χ2v) is 4.52. The minimum Gasteiger partial charge on any atom is -0.420 e. The SMILES string of the molecule is O=C(Oc1cccnc1)c1cn(-c2cccc([N+](=O)[O-])c2)cn1. The molecule has 0 N–H and O–H groups in total. The van der Waals surface area contributed by atoms with Crippen molar-refractivity contribution in [3.05, 3.63) is 77.1 Å². The highest BCUT2D eigenvalue weighted by Crippen LogP contribution is 2.17. The Morgan fingerprint density at radius 1 is 1.26 bits per heavy atom. The predicted molar refractivity (Wildman–Crippen MR) is 79.4 cm³/mol. The fourth-order valence-corrected chi connectivity index (χ4v) is 1.90. The van der Waals surface area contributed by atoms with Gasteiger partial charge in [0.2, 0.25) is 0 Å². The van der Waals surface area contributed by atoms with Gasteiger partial charge in [0.15, 0.2) is 5.69 Å². The molecule has 0 aliphatic carbocycles. The lowest BCUT2D eigenvalue weighted by atomic mass is 10.3. The van der Waals surface area contributed by atoms with E-state index >= 15 is 0 Å². The third kappa shape index (κ3) is 3.21. The molecule has 0 aliphatic heterocycles. The molecule has 0 saturated heterocycles. The molecule has 0 fully saturated rings. The van der Waals surface area contributed by atoms with Crippen molar-refractivity contribution < 1.29 is 14.5 Å². The standard InChI is InChI=1S/C15H10N4O4/c20-15(23-13-5-2-6-16-8-13)14-9-18(10-17-14)11-3-1-4-12(7-11)19(21)22/h1-10H. The van der Waals surface area contributed by atoms with Crippen molar-refractivity contribution in [2.45, 2.75) is 0 Å². The maximum absolute atomic E-state index is 12.0. The second kappa shape index (κ2) is 6.06. The van der Waals surface area contributed by atoms with Crippen molar-refractivity contribution in [2.75, 3.05) is 0 Å². The Labute approximate surface area is 130 Å². The van der Waals surface area contributed by atoms with E-state index in [-0.39, 0.29) is 11.4 Å². The number of pyridine rings is 1. The lowest BCUT2D eigenvalue weighted by molar-refractivity contribution is -0.384. The molecule has 3 rings (SSSR count). The lowest BCUT2D eigenvalue weighted by Crippen LogP contribution is -2.09. The van der Waals surface area contributed by atoms with Gasteiger partial charge in [-0.1, -0.05) is 6.07 Å². The Kier molecular flexibility index (Phi) is 3.79. The van der Waals surface area contributed by atoms with Crippen LogP contribution in [0.15, 0.2) is 61.3 Å². The molecule has 1 aromatic carbocycles. The fraction of sp³-hybridized carbons (Fsp3) is 0. The van der Waals surface area contributed by atoms with E-state index in [1.807, 2.05) is 0 Å². The van der Waals surface area contributed by atoms with Crippen LogP contribution in [-0.4, -0.2) is 25.4 Å². The van der Waals surface area contributed by atoms with Gasteiger partial charge in [-0.25, -0.2) is 9.78 Å². The van der Waals surface area contributed by atoms with Crippen LogP contribution in [0, 0.1) is 10.1 Å². The first-order chi connectivity index (χ1) is 11.1. The number of carbonyl (C=O) groups excluding carboxylic acids is 1. The number of nitro benzene ring substituents is 1. The average Bonchev–Trinajstić information content (AvgIpc) is 3.06. The van der Waals surface area contributed by atoms with Gasteiger partial charge in [-0.3, -0.25) is 15.1 Å². The molecule has 0 atom stereocenters. The summed E-state index contributed by atoms with van der Waals surface area (Å²) >= 11 is 0. The first-order valence-electron chi connectivity index (χ1n) is 6.54. The van der Waals surface area contributed by atoms with Crippen LogP contribution in [0.4, 0.5) is 5.69 Å². The number of imidazole rings is 1. The molecular formula is C15H10N4O4. The van der Waals surface area contributed by atoms with Crippen molar-refractivity contribution in [1.29, 1.82) is 0 Å². The van der Waals surface area contributed by atoms with Gasteiger partial charge in [0.05, 0.1) is 16.8 Å². The summed E-state index contributed by atoms with van der Waals surface area (Å²) in [5, 5.41) is 10.8. The molecule has 3 aromatic rings. The molecule has 0 aliphatic rings. The lowest BCUT2D eigenvalue weighted by Gasteiger charge is -2.01. The number of hydrogen-bond acceptors (Lipinski definition) is 6. The summed E-state index contributed by atoms with van der Waals surface area (Å²) in [6, 6.07) is 9.24. The van der Waals surface area contributed by atoms with Crippen molar-refractivity contribution in [2.24, 2.45) is 0 Å². The van der Waals surface area contributed by atoms with E-state index in [1.165, 1.54) is 35.4 Å². The number of non-ortho nitro benzene ring substituents is 1. The van der Waals surface area contributed by atoms with Crippen molar-refractivity contribution in [1.82, 2.24) is 14.5 Å². The number of carbonyl (C=O) groups is 1. The Balaban J connectivity index is 1.81. The van der Waals surface area contributed by atoms with E-state index in [9.17, 15) is 14.9 Å². The number of hydrogen-bond donors (Lipinski definition) is 0. The average molecular weight is 310 g/mol. The molecule has 0 saturated carbocycles. The van der Waals surface area contributed by atoms with Crippen LogP contribution in [0.25, 0.3) is 5.69 Å². The Morgan fingerprint density at radius 3 is 2.87 bits per heavy atom. The van der Waals surface area contributed by atoms with Crippen LogP contribution < -0.4 is 4.74 Å². The van der Waals surface area contributed by atoms with Gasteiger partial charge in [-0.05, 0) is 18.2 Å². The minimum absolute atomic E-state index is 0.0457. The zero-order valence-corrected chi connectivity index (χ0v) is 11.7. The molecule has 0 unspecified atom stereocenters. The first kappa shape index (κ1) is 14.4. The maximum atomic E-state index is 12.0. The third-order valence-corrected chi connectivity index (χ3v) is 2.98. The van der Waals surface area contributed by atoms with Crippen LogP contribution in [0.2, 0.25) is 0 Å². The van der Waals surface area contributed by atoms with E-state index in [1.54, 1.807) is 30.5 Å². The Bertz CT molecular complexity index is 861. The van der Waals surface area contributed by atoms with E-state index in [2.05, 4.69) is 9.97 Å². The van der Waals surface area contributed by atoms with Crippen molar-refractivity contribution in [3.63, 3.8) is 0 Å². The maximum Gasteiger partial charge on any atom is 0.363 e. The number of benzene rings is 1. The van der Waals surface area contributed by atoms with Crippen LogP contribution in [0.5, 0.6) is 5.75 Å². The zero-order chi connectivity index (χ0) is 16.2. The van der Waals surface area contributed by atoms with Gasteiger partial charge in [-0.2, -0.15) is 0 Å². The largest absolute Gasteiger partial charge is 0.420 e. The molecule has 114 valence electrons. The zero-order valence-electron chi connectivity index (χ0n) is 11.7. The number of rotatable bonds is 4. The van der Waals surface area contributed by atoms with Crippen LogP contribution in [0.1, 0.15) is 10.5 Å². The van der Waals surface area contributed by atoms with Gasteiger partial charge in [-0.15, -0.1) is 0 Å². The number of aromatic nitrogens is 3. The minimum atomic E-state index is -0.637. The molecule has 0 amide bonds. The monoisotopic (exact) mass is 310 g/mol. The number of ether oxygens (including phenoxy) is 1. The van der Waals surface area contributed by atoms with E-state index in [4.69, 9.17) is 4.74 Å². The molecule has 2 heterocycles. The highest BCUT2D eigenvalue weighted by molar-refractivity contribution is 5.88. The predicted octanol–water partition coefficient (Wildman–Crippen LogP) is 2.39. The molecule has 8 nitrogen and oxygen atoms in total. The van der Waals surface area contributed by atoms with Gasteiger partial charge < -0.3 is 9.30 Å². The quantitative estimate of drug-likeness (QED) is 0.416. The molecule has 8 heteroatoms. The second-order valence-electron chi connectivity index (χ2n) is 4.52. The Hall–Kier alpha value is -3.55. The van der Waals surface area contributed by atoms with E-state index in [0.29, 0.717) is 11.4 Å². The van der Waals surface area contributed by atoms with Gasteiger partial charge >= 0.3 is 5.97 Å². The number of esters is 1. The van der Waals surface area contributed by atoms with Gasteiger partial charge in [0, 0.05) is 24.5 Å². The molecule has 0 radical (unpaired) electrons. The topological polar surface area (TPSA) is 100 Å². The molecule has 2 aromatic heterocycles. The van der Waals surface area contributed by atoms with Gasteiger partial charge in [0.1, 0.15) is 12.1 Å². The molecule has 0 spiro atoms. The first-order valence-corrected chi connectivity index (χ1v) is 6.54. The van der Waals surface area contributed by atoms with Crippen molar-refractivity contribution in [3.8, 4) is 11.4 Å². The summed E-state index contributed by atoms with van der Waals surface area (Å²) in [6.45, 7) is 0. The van der Waals surface area contributed by atoms with Crippen LogP contribution >= 0.6 is 0 Å². The fourth-order valence-electron chi connectivity index (χ4n) is 1.90. The third-order valence-electron chi connectivity index (χ3n) is 2.98. The highest BCUT2D eigenvalue weighted by atomic mass is 16.6. The summed E-state index contributed by atoms with van der Waals surface area (Å²) in [7, 11) is 0. The smallest absolute Gasteiger partial charge is 0.363 e. The summed E-state index contributed by atoms with van der Waals surface area (Å²) in [5.74, 6) is -0.329. The Morgan fingerprint density at radius 2 is 2.13 bits per heavy atom. The number of nitro groups is 1. The molecule has 23 heavy (non-hydrogen) atoms. The van der Waals surface area contributed by atoms with Crippen LogP contribution in [0.3, 0.4) is 0 Å². The highest BCUT2D eigenvalue weighted by Gasteiger charge is 2.14. The summed E-state index contributed by atoms with van der Waals surface area (Å²) in [6.07, 6.45) is 5.81. The van der Waals surface area contributed by atoms with Gasteiger partial charge in [0.25, 0.3) is 5.69 Å². The molecule has 0 bridgehead atoms. The van der Waals surface area contributed by atoms with E-state index < -0.39 is 10.9 Å². The summed E-state index contributed by atoms with van der Waals surface area (Å²) in [5.41, 5.74) is 0.558. The van der Waals surface area contributed by atoms with Crippen LogP contribution in [-0.2, 0) is 0 Å².